The number of hydrogen-bond acceptors (Lipinski definition) is 5. The molecular weight excluding hydrogens is 280 g/mol. The van der Waals surface area contributed by atoms with Gasteiger partial charge in [0.05, 0.1) is 12.7 Å². The van der Waals surface area contributed by atoms with Crippen molar-refractivity contribution in [1.29, 1.82) is 0 Å². The second-order valence-electron chi connectivity index (χ2n) is 4.42. The third-order valence-corrected chi connectivity index (χ3v) is 2.80. The lowest BCUT2D eigenvalue weighted by molar-refractivity contribution is 0.105. The molecule has 0 radical (unpaired) electrons. The average molecular weight is 297 g/mol. The van der Waals surface area contributed by atoms with E-state index >= 15 is 0 Å². The Hall–Kier alpha value is -1.56. The van der Waals surface area contributed by atoms with E-state index in [-0.39, 0.29) is 6.61 Å². The predicted octanol–water partition coefficient (Wildman–Crippen LogP) is 2.17. The molecule has 2 rings (SSSR count). The number of aryl methyl sites for hydroxylation is 1. The summed E-state index contributed by atoms with van der Waals surface area (Å²) in [7, 11) is 0. The second kappa shape index (κ2) is 7.28. The number of aromatic nitrogens is 1. The molecule has 1 unspecified atom stereocenters. The number of ether oxygens (including phenoxy) is 1. The van der Waals surface area contributed by atoms with Gasteiger partial charge in [-0.3, -0.25) is 0 Å². The first-order valence-corrected chi connectivity index (χ1v) is 6.70. The largest absolute Gasteiger partial charge is 0.491 e. The Morgan fingerprint density at radius 1 is 1.50 bits per heavy atom. The fourth-order valence-corrected chi connectivity index (χ4v) is 1.82. The SMILES string of the molecule is Cc1cnc(CNCC(O)COc2cccc(Cl)c2)o1. The maximum atomic E-state index is 9.79. The lowest BCUT2D eigenvalue weighted by Crippen LogP contribution is -2.31. The van der Waals surface area contributed by atoms with Crippen molar-refractivity contribution in [2.75, 3.05) is 13.2 Å². The summed E-state index contributed by atoms with van der Waals surface area (Å²) in [5, 5.41) is 13.4. The lowest BCUT2D eigenvalue weighted by Gasteiger charge is -2.12. The van der Waals surface area contributed by atoms with Crippen LogP contribution >= 0.6 is 11.6 Å². The average Bonchev–Trinajstić information content (AvgIpc) is 2.82. The monoisotopic (exact) mass is 296 g/mol. The van der Waals surface area contributed by atoms with Crippen LogP contribution in [-0.4, -0.2) is 29.3 Å². The van der Waals surface area contributed by atoms with Crippen molar-refractivity contribution in [2.45, 2.75) is 19.6 Å². The molecular formula is C14H17ClN2O3. The summed E-state index contributed by atoms with van der Waals surface area (Å²) in [5.74, 6) is 2.01. The van der Waals surface area contributed by atoms with Gasteiger partial charge in [0.25, 0.3) is 0 Å². The number of hydrogen-bond donors (Lipinski definition) is 2. The van der Waals surface area contributed by atoms with E-state index in [1.807, 2.05) is 6.92 Å². The van der Waals surface area contributed by atoms with Crippen molar-refractivity contribution in [3.05, 3.63) is 47.1 Å². The van der Waals surface area contributed by atoms with Crippen LogP contribution < -0.4 is 10.1 Å². The fourth-order valence-electron chi connectivity index (χ4n) is 1.64. The van der Waals surface area contributed by atoms with E-state index < -0.39 is 6.10 Å². The van der Waals surface area contributed by atoms with E-state index in [0.29, 0.717) is 29.8 Å². The van der Waals surface area contributed by atoms with Crippen molar-refractivity contribution in [3.8, 4) is 5.75 Å². The number of halogens is 1. The van der Waals surface area contributed by atoms with Gasteiger partial charge < -0.3 is 19.6 Å². The number of nitrogens with zero attached hydrogens (tertiary/aromatic N) is 1. The van der Waals surface area contributed by atoms with Crippen LogP contribution in [0.25, 0.3) is 0 Å². The molecule has 20 heavy (non-hydrogen) atoms. The maximum absolute atomic E-state index is 9.79. The van der Waals surface area contributed by atoms with E-state index in [0.717, 1.165) is 5.76 Å². The van der Waals surface area contributed by atoms with Gasteiger partial charge in [-0.25, -0.2) is 4.98 Å². The molecule has 1 atom stereocenters. The van der Waals surface area contributed by atoms with Crippen LogP contribution in [0.15, 0.2) is 34.9 Å². The van der Waals surface area contributed by atoms with Gasteiger partial charge in [-0.05, 0) is 25.1 Å². The Kier molecular flexibility index (Phi) is 5.40. The van der Waals surface area contributed by atoms with Crippen LogP contribution in [-0.2, 0) is 6.54 Å². The Morgan fingerprint density at radius 3 is 3.05 bits per heavy atom. The highest BCUT2D eigenvalue weighted by atomic mass is 35.5. The Bertz CT molecular complexity index is 545. The van der Waals surface area contributed by atoms with E-state index in [1.165, 1.54) is 0 Å². The van der Waals surface area contributed by atoms with Gasteiger partial charge in [0.2, 0.25) is 5.89 Å². The van der Waals surface area contributed by atoms with Crippen molar-refractivity contribution in [3.63, 3.8) is 0 Å². The molecule has 0 aliphatic rings. The van der Waals surface area contributed by atoms with Crippen molar-refractivity contribution < 1.29 is 14.3 Å². The molecule has 1 aromatic heterocycles. The summed E-state index contributed by atoms with van der Waals surface area (Å²) in [6.07, 6.45) is 1.04. The topological polar surface area (TPSA) is 67.5 Å². The summed E-state index contributed by atoms with van der Waals surface area (Å²) >= 11 is 5.84. The van der Waals surface area contributed by atoms with Crippen molar-refractivity contribution in [2.24, 2.45) is 0 Å². The van der Waals surface area contributed by atoms with Gasteiger partial charge in [0.1, 0.15) is 24.2 Å². The zero-order chi connectivity index (χ0) is 14.4. The van der Waals surface area contributed by atoms with Gasteiger partial charge in [0.15, 0.2) is 0 Å². The molecule has 6 heteroatoms. The van der Waals surface area contributed by atoms with Crippen molar-refractivity contribution >= 4 is 11.6 Å². The Morgan fingerprint density at radius 2 is 2.35 bits per heavy atom. The summed E-state index contributed by atoms with van der Waals surface area (Å²) < 4.78 is 10.7. The van der Waals surface area contributed by atoms with Crippen LogP contribution in [0.1, 0.15) is 11.7 Å². The van der Waals surface area contributed by atoms with E-state index in [2.05, 4.69) is 10.3 Å². The molecule has 2 N–H and O–H groups in total. The molecule has 0 fully saturated rings. The Labute approximate surface area is 122 Å². The zero-order valence-corrected chi connectivity index (χ0v) is 11.9. The minimum atomic E-state index is -0.620. The van der Waals surface area contributed by atoms with Crippen LogP contribution in [0.4, 0.5) is 0 Å². The number of rotatable bonds is 7. The van der Waals surface area contributed by atoms with E-state index in [1.54, 1.807) is 30.5 Å². The first-order chi connectivity index (χ1) is 9.63. The predicted molar refractivity (Wildman–Crippen MR) is 75.9 cm³/mol. The summed E-state index contributed by atoms with van der Waals surface area (Å²) in [6.45, 7) is 2.90. The highest BCUT2D eigenvalue weighted by Crippen LogP contribution is 2.17. The van der Waals surface area contributed by atoms with Crippen LogP contribution in [0.5, 0.6) is 5.75 Å². The highest BCUT2D eigenvalue weighted by molar-refractivity contribution is 6.30. The number of benzene rings is 1. The first kappa shape index (κ1) is 14.8. The van der Waals surface area contributed by atoms with Crippen LogP contribution in [0.3, 0.4) is 0 Å². The van der Waals surface area contributed by atoms with E-state index in [9.17, 15) is 5.11 Å². The maximum Gasteiger partial charge on any atom is 0.208 e. The van der Waals surface area contributed by atoms with Crippen LogP contribution in [0.2, 0.25) is 5.02 Å². The van der Waals surface area contributed by atoms with E-state index in [4.69, 9.17) is 20.8 Å². The van der Waals surface area contributed by atoms with Gasteiger partial charge in [-0.15, -0.1) is 0 Å². The van der Waals surface area contributed by atoms with Gasteiger partial charge in [-0.1, -0.05) is 17.7 Å². The Balaban J connectivity index is 1.66. The summed E-state index contributed by atoms with van der Waals surface area (Å²) in [4.78, 5) is 4.06. The highest BCUT2D eigenvalue weighted by Gasteiger charge is 2.06. The molecule has 0 amide bonds. The molecule has 0 aliphatic heterocycles. The lowest BCUT2D eigenvalue weighted by atomic mass is 10.3. The number of nitrogens with one attached hydrogen (secondary N) is 1. The summed E-state index contributed by atoms with van der Waals surface area (Å²) in [5.41, 5.74) is 0. The number of aliphatic hydroxyl groups excluding tert-OH is 1. The fraction of sp³-hybridized carbons (Fsp3) is 0.357. The van der Waals surface area contributed by atoms with Crippen molar-refractivity contribution in [1.82, 2.24) is 10.3 Å². The number of aliphatic hydroxyl groups is 1. The molecule has 0 spiro atoms. The first-order valence-electron chi connectivity index (χ1n) is 6.32. The molecule has 0 bridgehead atoms. The minimum absolute atomic E-state index is 0.192. The third-order valence-electron chi connectivity index (χ3n) is 2.56. The zero-order valence-electron chi connectivity index (χ0n) is 11.2. The molecule has 1 aromatic carbocycles. The minimum Gasteiger partial charge on any atom is -0.491 e. The molecule has 0 saturated carbocycles. The van der Waals surface area contributed by atoms with Gasteiger partial charge >= 0.3 is 0 Å². The normalized spacial score (nSPS) is 12.3. The smallest absolute Gasteiger partial charge is 0.208 e. The molecule has 0 aliphatic carbocycles. The number of oxazole rings is 1. The molecule has 2 aromatic rings. The standard InChI is InChI=1S/C14H17ClN2O3/c1-10-6-17-14(20-10)8-16-7-12(18)9-19-13-4-2-3-11(15)5-13/h2-6,12,16,18H,7-9H2,1H3. The molecule has 5 nitrogen and oxygen atoms in total. The van der Waals surface area contributed by atoms with Gasteiger partial charge in [-0.2, -0.15) is 0 Å². The van der Waals surface area contributed by atoms with Crippen LogP contribution in [0, 0.1) is 6.92 Å². The third kappa shape index (κ3) is 4.85. The quantitative estimate of drug-likeness (QED) is 0.819. The second-order valence-corrected chi connectivity index (χ2v) is 4.85. The van der Waals surface area contributed by atoms with Gasteiger partial charge in [0, 0.05) is 11.6 Å². The summed E-state index contributed by atoms with van der Waals surface area (Å²) in [6, 6.07) is 7.07. The molecule has 0 saturated heterocycles. The molecule has 1 heterocycles. The molecule has 108 valence electrons.